The van der Waals surface area contributed by atoms with Gasteiger partial charge < -0.3 is 10.7 Å². The minimum absolute atomic E-state index is 0.106. The number of rotatable bonds is 3. The molecule has 3 aromatic rings. The summed E-state index contributed by atoms with van der Waals surface area (Å²) in [5, 5.41) is 1.04. The second-order valence-electron chi connectivity index (χ2n) is 7.14. The molecule has 4 nitrogen and oxygen atoms in total. The maximum atomic E-state index is 13.1. The summed E-state index contributed by atoms with van der Waals surface area (Å²) in [6, 6.07) is 11.3. The predicted molar refractivity (Wildman–Crippen MR) is 101 cm³/mol. The highest BCUT2D eigenvalue weighted by Crippen LogP contribution is 2.34. The van der Waals surface area contributed by atoms with Crippen molar-refractivity contribution in [2.75, 3.05) is 26.0 Å². The molecule has 26 heavy (non-hydrogen) atoms. The molecule has 0 radical (unpaired) electrons. The van der Waals surface area contributed by atoms with E-state index < -0.39 is 0 Å². The Morgan fingerprint density at radius 2 is 1.73 bits per heavy atom. The molecule has 0 aliphatic carbocycles. The number of benzene rings is 2. The molecule has 1 saturated heterocycles. The molecule has 0 unspecified atom stereocenters. The first-order valence-electron chi connectivity index (χ1n) is 8.92. The van der Waals surface area contributed by atoms with E-state index in [4.69, 9.17) is 5.84 Å². The Bertz CT molecular complexity index is 953. The predicted octanol–water partition coefficient (Wildman–Crippen LogP) is 3.53. The lowest BCUT2D eigenvalue weighted by Gasteiger charge is -2.28. The zero-order chi connectivity index (χ0) is 18.3. The normalized spacial score (nSPS) is 16.2. The van der Waals surface area contributed by atoms with Crippen LogP contribution in [0.5, 0.6) is 0 Å². The minimum Gasteiger partial charge on any atom is -0.339 e. The molecule has 2 N–H and O–H groups in total. The van der Waals surface area contributed by atoms with Crippen LogP contribution in [0.15, 0.2) is 48.7 Å². The number of piperidine rings is 1. The molecule has 1 aliphatic heterocycles. The van der Waals surface area contributed by atoms with E-state index in [9.17, 15) is 9.18 Å². The van der Waals surface area contributed by atoms with Crippen LogP contribution in [0.4, 0.5) is 4.39 Å². The number of ketones is 1. The van der Waals surface area contributed by atoms with Crippen molar-refractivity contribution in [3.05, 3.63) is 71.2 Å². The largest absolute Gasteiger partial charge is 0.339 e. The number of halogens is 1. The molecule has 2 heterocycles. The third-order valence-electron chi connectivity index (χ3n) is 5.39. The van der Waals surface area contributed by atoms with Crippen molar-refractivity contribution in [3.63, 3.8) is 0 Å². The van der Waals surface area contributed by atoms with Crippen LogP contribution < -0.4 is 5.84 Å². The first-order chi connectivity index (χ1) is 12.5. The van der Waals surface area contributed by atoms with Crippen molar-refractivity contribution in [1.29, 1.82) is 0 Å². The average molecular weight is 351 g/mol. The molecule has 0 bridgehead atoms. The molecule has 0 amide bonds. The van der Waals surface area contributed by atoms with Gasteiger partial charge >= 0.3 is 0 Å². The van der Waals surface area contributed by atoms with Crippen LogP contribution in [0.2, 0.25) is 0 Å². The Balaban J connectivity index is 1.73. The van der Waals surface area contributed by atoms with Gasteiger partial charge in [-0.05, 0) is 86.9 Å². The SMILES string of the molecule is CN1CCC(c2cn(N)c3ccc(C(=O)c4ccc(F)cc4)cc23)CC1. The summed E-state index contributed by atoms with van der Waals surface area (Å²) in [5.74, 6) is 6.15. The zero-order valence-electron chi connectivity index (χ0n) is 14.8. The van der Waals surface area contributed by atoms with Gasteiger partial charge in [-0.15, -0.1) is 0 Å². The van der Waals surface area contributed by atoms with Crippen LogP contribution in [0.3, 0.4) is 0 Å². The fraction of sp³-hybridized carbons (Fsp3) is 0.286. The summed E-state index contributed by atoms with van der Waals surface area (Å²) in [6.07, 6.45) is 4.17. The Morgan fingerprint density at radius 3 is 2.42 bits per heavy atom. The van der Waals surface area contributed by atoms with E-state index in [1.165, 1.54) is 29.8 Å². The molecule has 2 aromatic carbocycles. The molecule has 0 atom stereocenters. The van der Waals surface area contributed by atoms with Crippen molar-refractivity contribution in [3.8, 4) is 0 Å². The monoisotopic (exact) mass is 351 g/mol. The zero-order valence-corrected chi connectivity index (χ0v) is 14.8. The first kappa shape index (κ1) is 16.8. The third kappa shape index (κ3) is 2.99. The first-order valence-corrected chi connectivity index (χ1v) is 8.92. The Morgan fingerprint density at radius 1 is 1.08 bits per heavy atom. The third-order valence-corrected chi connectivity index (χ3v) is 5.39. The van der Waals surface area contributed by atoms with E-state index in [0.29, 0.717) is 17.0 Å². The number of hydrogen-bond donors (Lipinski definition) is 1. The molecular formula is C21H22FN3O. The van der Waals surface area contributed by atoms with E-state index in [1.807, 2.05) is 18.3 Å². The fourth-order valence-electron chi connectivity index (χ4n) is 3.84. The highest BCUT2D eigenvalue weighted by atomic mass is 19.1. The lowest BCUT2D eigenvalue weighted by Crippen LogP contribution is -2.29. The van der Waals surface area contributed by atoms with Crippen LogP contribution in [0.25, 0.3) is 10.9 Å². The van der Waals surface area contributed by atoms with Gasteiger partial charge in [0, 0.05) is 22.7 Å². The van der Waals surface area contributed by atoms with Crippen LogP contribution >= 0.6 is 0 Å². The van der Waals surface area contributed by atoms with Crippen LogP contribution in [-0.4, -0.2) is 35.5 Å². The molecule has 1 aliphatic rings. The summed E-state index contributed by atoms with van der Waals surface area (Å²) in [7, 11) is 2.14. The molecule has 0 saturated carbocycles. The number of hydrogen-bond acceptors (Lipinski definition) is 3. The maximum absolute atomic E-state index is 13.1. The molecule has 1 aromatic heterocycles. The van der Waals surface area contributed by atoms with Crippen LogP contribution in [0.1, 0.15) is 40.2 Å². The average Bonchev–Trinajstić information content (AvgIpc) is 2.98. The Labute approximate surface area is 152 Å². The van der Waals surface area contributed by atoms with Crippen LogP contribution in [-0.2, 0) is 0 Å². The van der Waals surface area contributed by atoms with Gasteiger partial charge in [-0.2, -0.15) is 0 Å². The van der Waals surface area contributed by atoms with E-state index in [2.05, 4.69) is 11.9 Å². The number of carbonyl (C=O) groups is 1. The number of aromatic nitrogens is 1. The number of fused-ring (bicyclic) bond motifs is 1. The summed E-state index contributed by atoms with van der Waals surface area (Å²) in [5.41, 5.74) is 3.22. The van der Waals surface area contributed by atoms with Gasteiger partial charge in [0.15, 0.2) is 5.78 Å². The van der Waals surface area contributed by atoms with Gasteiger partial charge in [0.1, 0.15) is 5.82 Å². The summed E-state index contributed by atoms with van der Waals surface area (Å²) >= 11 is 0. The van der Waals surface area contributed by atoms with Crippen molar-refractivity contribution in [2.24, 2.45) is 0 Å². The molecular weight excluding hydrogens is 329 g/mol. The van der Waals surface area contributed by atoms with Crippen LogP contribution in [0, 0.1) is 5.82 Å². The molecule has 0 spiro atoms. The number of nitrogen functional groups attached to an aromatic ring is 1. The number of nitrogens with two attached hydrogens (primary N) is 1. The van der Waals surface area contributed by atoms with Crippen molar-refractivity contribution >= 4 is 16.7 Å². The number of likely N-dealkylation sites (tertiary alicyclic amines) is 1. The second-order valence-corrected chi connectivity index (χ2v) is 7.14. The summed E-state index contributed by atoms with van der Waals surface area (Å²) in [4.78, 5) is 15.1. The molecule has 5 heteroatoms. The van der Waals surface area contributed by atoms with Crippen molar-refractivity contribution in [1.82, 2.24) is 9.58 Å². The highest BCUT2D eigenvalue weighted by Gasteiger charge is 2.23. The van der Waals surface area contributed by atoms with Gasteiger partial charge in [0.25, 0.3) is 0 Å². The van der Waals surface area contributed by atoms with Gasteiger partial charge in [-0.1, -0.05) is 0 Å². The smallest absolute Gasteiger partial charge is 0.193 e. The Hall–Kier alpha value is -2.66. The van der Waals surface area contributed by atoms with Crippen molar-refractivity contribution < 1.29 is 9.18 Å². The minimum atomic E-state index is -0.346. The Kier molecular flexibility index (Phi) is 4.24. The van der Waals surface area contributed by atoms with Gasteiger partial charge in [0.05, 0.1) is 5.52 Å². The van der Waals surface area contributed by atoms with Gasteiger partial charge in [0.2, 0.25) is 0 Å². The van der Waals surface area contributed by atoms with E-state index in [1.54, 1.807) is 10.7 Å². The molecule has 1 fully saturated rings. The quantitative estimate of drug-likeness (QED) is 0.580. The standard InChI is InChI=1S/C21H22FN3O/c1-24-10-8-14(9-11-24)19-13-25(23)20-7-4-16(12-18(19)20)21(26)15-2-5-17(22)6-3-15/h2-7,12-14H,8-11,23H2,1H3. The summed E-state index contributed by atoms with van der Waals surface area (Å²) in [6.45, 7) is 2.13. The molecule has 4 rings (SSSR count). The maximum Gasteiger partial charge on any atom is 0.193 e. The van der Waals surface area contributed by atoms with Gasteiger partial charge in [-0.25, -0.2) is 4.39 Å². The highest BCUT2D eigenvalue weighted by molar-refractivity contribution is 6.10. The topological polar surface area (TPSA) is 51.3 Å². The fourth-order valence-corrected chi connectivity index (χ4v) is 3.84. The second kappa shape index (κ2) is 6.57. The lowest BCUT2D eigenvalue weighted by atomic mass is 9.88. The van der Waals surface area contributed by atoms with E-state index >= 15 is 0 Å². The van der Waals surface area contributed by atoms with Crippen molar-refractivity contribution in [2.45, 2.75) is 18.8 Å². The van der Waals surface area contributed by atoms with E-state index in [0.717, 1.165) is 36.8 Å². The molecule has 134 valence electrons. The summed E-state index contributed by atoms with van der Waals surface area (Å²) < 4.78 is 14.8. The number of carbonyl (C=O) groups excluding carboxylic acids is 1. The lowest BCUT2D eigenvalue weighted by molar-refractivity contribution is 0.103. The van der Waals surface area contributed by atoms with Gasteiger partial charge in [-0.3, -0.25) is 9.47 Å². The van der Waals surface area contributed by atoms with E-state index in [-0.39, 0.29) is 11.6 Å². The number of nitrogens with zero attached hydrogens (tertiary/aromatic N) is 2.